The first-order chi connectivity index (χ1) is 16.2. The van der Waals surface area contributed by atoms with Crippen molar-refractivity contribution in [1.82, 2.24) is 14.9 Å². The number of aromatic nitrogens is 2. The zero-order valence-electron chi connectivity index (χ0n) is 18.4. The quantitative estimate of drug-likeness (QED) is 0.422. The van der Waals surface area contributed by atoms with Crippen LogP contribution < -0.4 is 4.90 Å². The van der Waals surface area contributed by atoms with E-state index in [-0.39, 0.29) is 11.9 Å². The van der Waals surface area contributed by atoms with E-state index in [1.807, 2.05) is 0 Å². The van der Waals surface area contributed by atoms with Crippen LogP contribution in [0.2, 0.25) is 0 Å². The molecule has 0 fully saturated rings. The first-order valence-corrected chi connectivity index (χ1v) is 10.6. The summed E-state index contributed by atoms with van der Waals surface area (Å²) in [5.74, 6) is -0.698. The molecule has 2 heterocycles. The van der Waals surface area contributed by atoms with Gasteiger partial charge in [-0.2, -0.15) is 0 Å². The molecule has 0 radical (unpaired) electrons. The Balaban J connectivity index is 1.68. The van der Waals surface area contributed by atoms with Gasteiger partial charge in [0.15, 0.2) is 5.72 Å². The van der Waals surface area contributed by atoms with Gasteiger partial charge in [0.05, 0.1) is 17.1 Å². The molecule has 0 spiro atoms. The number of hydrogen-bond acceptors (Lipinski definition) is 4. The van der Waals surface area contributed by atoms with Crippen molar-refractivity contribution in [2.75, 3.05) is 11.9 Å². The van der Waals surface area contributed by atoms with Crippen LogP contribution in [0.25, 0.3) is 11.0 Å². The number of carbonyl (C=O) groups is 2. The fourth-order valence-corrected chi connectivity index (χ4v) is 4.51. The maximum Gasteiger partial charge on any atom is 0.413 e. The number of halogens is 1. The van der Waals surface area contributed by atoms with Crippen LogP contribution in [0.4, 0.5) is 15.1 Å². The number of benzene rings is 3. The second-order valence-electron chi connectivity index (χ2n) is 8.26. The molecule has 3 aromatic carbocycles. The van der Waals surface area contributed by atoms with E-state index < -0.39 is 23.7 Å². The number of rotatable bonds is 4. The number of imidazole rings is 1. The van der Waals surface area contributed by atoms with Crippen LogP contribution in [0.1, 0.15) is 40.0 Å². The van der Waals surface area contributed by atoms with Crippen LogP contribution in [0, 0.1) is 5.82 Å². The normalized spacial score (nSPS) is 18.2. The van der Waals surface area contributed by atoms with E-state index in [4.69, 9.17) is 0 Å². The van der Waals surface area contributed by atoms with Crippen LogP contribution in [0.15, 0.2) is 66.7 Å². The number of aliphatic hydroxyl groups is 1. The van der Waals surface area contributed by atoms with Crippen molar-refractivity contribution in [3.8, 4) is 0 Å². The SMILES string of the molecule is CC(c1cccc(F)c1)N1C(=O)c2ccccc2C1(O)c1ccc2nc(N(C)C(=O)O)[nH]c2c1. The number of aromatic amines is 1. The maximum atomic E-state index is 14.0. The summed E-state index contributed by atoms with van der Waals surface area (Å²) in [5.41, 5.74) is 0.816. The molecule has 2 atom stereocenters. The van der Waals surface area contributed by atoms with Crippen LogP contribution in [-0.4, -0.2) is 44.1 Å². The zero-order chi connectivity index (χ0) is 24.2. The lowest BCUT2D eigenvalue weighted by Crippen LogP contribution is -2.46. The standard InChI is InChI=1S/C25H21FN4O4/c1-14(15-6-5-7-17(26)12-15)30-22(31)18-8-3-4-9-19(18)25(30,34)16-10-11-20-21(13-16)28-23(27-20)29(2)24(32)33/h3-14,34H,1-2H3,(H,27,28)(H,32,33). The highest BCUT2D eigenvalue weighted by Crippen LogP contribution is 2.47. The first-order valence-electron chi connectivity index (χ1n) is 10.6. The molecule has 1 aliphatic rings. The number of H-pyrrole nitrogens is 1. The highest BCUT2D eigenvalue weighted by atomic mass is 19.1. The molecule has 34 heavy (non-hydrogen) atoms. The van der Waals surface area contributed by atoms with Gasteiger partial charge in [-0.1, -0.05) is 36.4 Å². The van der Waals surface area contributed by atoms with Gasteiger partial charge in [-0.05, 0) is 42.8 Å². The summed E-state index contributed by atoms with van der Waals surface area (Å²) in [6.45, 7) is 1.73. The van der Waals surface area contributed by atoms with E-state index in [0.29, 0.717) is 33.3 Å². The number of hydrogen-bond donors (Lipinski definition) is 3. The molecular weight excluding hydrogens is 439 g/mol. The summed E-state index contributed by atoms with van der Waals surface area (Å²) in [6.07, 6.45) is -1.18. The number of fused-ring (bicyclic) bond motifs is 2. The Morgan fingerprint density at radius 2 is 1.91 bits per heavy atom. The van der Waals surface area contributed by atoms with Crippen molar-refractivity contribution in [2.45, 2.75) is 18.7 Å². The van der Waals surface area contributed by atoms with Crippen LogP contribution in [0.5, 0.6) is 0 Å². The average Bonchev–Trinajstić information content (AvgIpc) is 3.35. The molecule has 2 amide bonds. The van der Waals surface area contributed by atoms with Crippen molar-refractivity contribution in [2.24, 2.45) is 0 Å². The second-order valence-corrected chi connectivity index (χ2v) is 8.26. The van der Waals surface area contributed by atoms with Gasteiger partial charge in [0.25, 0.3) is 5.91 Å². The third kappa shape index (κ3) is 3.12. The Morgan fingerprint density at radius 3 is 2.65 bits per heavy atom. The molecule has 4 aromatic rings. The smallest absolute Gasteiger partial charge is 0.413 e. The van der Waals surface area contributed by atoms with E-state index >= 15 is 0 Å². The molecule has 1 aromatic heterocycles. The summed E-state index contributed by atoms with van der Waals surface area (Å²) < 4.78 is 14.0. The van der Waals surface area contributed by atoms with Crippen LogP contribution in [0.3, 0.4) is 0 Å². The average molecular weight is 460 g/mol. The second kappa shape index (κ2) is 7.67. The number of carbonyl (C=O) groups excluding carboxylic acids is 1. The predicted molar refractivity (Wildman–Crippen MR) is 123 cm³/mol. The van der Waals surface area contributed by atoms with E-state index in [1.165, 1.54) is 24.1 Å². The fraction of sp³-hybridized carbons (Fsp3) is 0.160. The lowest BCUT2D eigenvalue weighted by molar-refractivity contribution is -0.0677. The van der Waals surface area contributed by atoms with Gasteiger partial charge >= 0.3 is 6.09 Å². The summed E-state index contributed by atoms with van der Waals surface area (Å²) in [6, 6.07) is 17.0. The molecule has 0 bridgehead atoms. The fourth-order valence-electron chi connectivity index (χ4n) is 4.51. The number of anilines is 1. The van der Waals surface area contributed by atoms with Gasteiger partial charge in [-0.15, -0.1) is 0 Å². The number of nitrogens with zero attached hydrogens (tertiary/aromatic N) is 3. The molecule has 2 unspecified atom stereocenters. The van der Waals surface area contributed by atoms with Gasteiger partial charge < -0.3 is 15.2 Å². The Labute approximate surface area is 193 Å². The number of nitrogens with one attached hydrogen (secondary N) is 1. The Hall–Kier alpha value is -4.24. The van der Waals surface area contributed by atoms with E-state index in [9.17, 15) is 24.2 Å². The molecule has 3 N–H and O–H groups in total. The first kappa shape index (κ1) is 21.6. The van der Waals surface area contributed by atoms with Crippen LogP contribution in [-0.2, 0) is 5.72 Å². The molecule has 9 heteroatoms. The maximum absolute atomic E-state index is 14.0. The van der Waals surface area contributed by atoms with Crippen molar-refractivity contribution < 1.29 is 24.2 Å². The zero-order valence-corrected chi connectivity index (χ0v) is 18.4. The minimum Gasteiger partial charge on any atom is -0.465 e. The van der Waals surface area contributed by atoms with Crippen molar-refractivity contribution >= 4 is 29.0 Å². The molecule has 0 saturated carbocycles. The van der Waals surface area contributed by atoms with Crippen molar-refractivity contribution in [1.29, 1.82) is 0 Å². The Morgan fingerprint density at radius 1 is 1.15 bits per heavy atom. The topological polar surface area (TPSA) is 110 Å². The molecule has 5 rings (SSSR count). The third-order valence-corrected chi connectivity index (χ3v) is 6.30. The van der Waals surface area contributed by atoms with E-state index in [2.05, 4.69) is 9.97 Å². The Bertz CT molecular complexity index is 1450. The Kier molecular flexibility index (Phi) is 4.87. The number of carboxylic acid groups (broad SMARTS) is 1. The van der Waals surface area contributed by atoms with Crippen molar-refractivity contribution in [3.63, 3.8) is 0 Å². The molecule has 172 valence electrons. The molecule has 8 nitrogen and oxygen atoms in total. The van der Waals surface area contributed by atoms with Gasteiger partial charge in [-0.3, -0.25) is 14.6 Å². The van der Waals surface area contributed by atoms with Gasteiger partial charge in [-0.25, -0.2) is 14.2 Å². The number of amides is 2. The lowest BCUT2D eigenvalue weighted by Gasteiger charge is -2.39. The van der Waals surface area contributed by atoms with E-state index in [1.54, 1.807) is 61.5 Å². The molecule has 0 aliphatic carbocycles. The largest absolute Gasteiger partial charge is 0.465 e. The summed E-state index contributed by atoms with van der Waals surface area (Å²) in [4.78, 5) is 34.3. The summed E-state index contributed by atoms with van der Waals surface area (Å²) >= 11 is 0. The highest BCUT2D eigenvalue weighted by Gasteiger charge is 2.52. The molecule has 0 saturated heterocycles. The summed E-state index contributed by atoms with van der Waals surface area (Å²) in [5, 5.41) is 21.4. The minimum atomic E-state index is -1.85. The third-order valence-electron chi connectivity index (χ3n) is 6.30. The predicted octanol–water partition coefficient (Wildman–Crippen LogP) is 4.23. The highest BCUT2D eigenvalue weighted by molar-refractivity contribution is 6.01. The summed E-state index contributed by atoms with van der Waals surface area (Å²) in [7, 11) is 1.36. The molecular formula is C25H21FN4O4. The lowest BCUT2D eigenvalue weighted by atomic mass is 9.92. The van der Waals surface area contributed by atoms with E-state index in [0.717, 1.165) is 4.90 Å². The molecule has 1 aliphatic heterocycles. The van der Waals surface area contributed by atoms with Crippen LogP contribution >= 0.6 is 0 Å². The monoisotopic (exact) mass is 460 g/mol. The minimum absolute atomic E-state index is 0.125. The van der Waals surface area contributed by atoms with Gasteiger partial charge in [0.1, 0.15) is 5.82 Å². The van der Waals surface area contributed by atoms with Gasteiger partial charge in [0.2, 0.25) is 5.95 Å². The van der Waals surface area contributed by atoms with Gasteiger partial charge in [0, 0.05) is 23.7 Å². The van der Waals surface area contributed by atoms with Crippen molar-refractivity contribution in [3.05, 3.63) is 94.8 Å².